The Morgan fingerprint density at radius 3 is 2.19 bits per heavy atom. The van der Waals surface area contributed by atoms with E-state index in [-0.39, 0.29) is 10.8 Å². The lowest BCUT2D eigenvalue weighted by molar-refractivity contribution is 0.102. The highest BCUT2D eigenvalue weighted by Gasteiger charge is 2.13. The van der Waals surface area contributed by atoms with E-state index >= 15 is 0 Å². The first-order valence-corrected chi connectivity index (χ1v) is 10.1. The fourth-order valence-electron chi connectivity index (χ4n) is 2.53. The van der Waals surface area contributed by atoms with E-state index in [2.05, 4.69) is 10.0 Å². The van der Waals surface area contributed by atoms with Crippen molar-refractivity contribution in [2.24, 2.45) is 0 Å². The van der Waals surface area contributed by atoms with Gasteiger partial charge in [-0.15, -0.1) is 0 Å². The topological polar surface area (TPSA) is 80.2 Å². The fourth-order valence-corrected chi connectivity index (χ4v) is 3.67. The third-order valence-electron chi connectivity index (χ3n) is 4.00. The van der Waals surface area contributed by atoms with E-state index in [0.717, 1.165) is 12.1 Å². The summed E-state index contributed by atoms with van der Waals surface area (Å²) in [5, 5.41) is 2.77. The SMILES string of the molecule is CCCNS(=O)(=O)c1ccc(NC(=O)c2ccc(-n3cccc3)cc2)cc1. The van der Waals surface area contributed by atoms with Crippen molar-refractivity contribution in [3.05, 3.63) is 78.6 Å². The second-order valence-corrected chi connectivity index (χ2v) is 7.78. The van der Waals surface area contributed by atoms with Gasteiger partial charge in [-0.3, -0.25) is 4.79 Å². The number of benzene rings is 2. The minimum atomic E-state index is -3.51. The van der Waals surface area contributed by atoms with Gasteiger partial charge in [0.1, 0.15) is 0 Å². The van der Waals surface area contributed by atoms with E-state index in [0.29, 0.717) is 17.8 Å². The second-order valence-electron chi connectivity index (χ2n) is 6.01. The summed E-state index contributed by atoms with van der Waals surface area (Å²) < 4.78 is 28.6. The third kappa shape index (κ3) is 4.64. The highest BCUT2D eigenvalue weighted by Crippen LogP contribution is 2.16. The van der Waals surface area contributed by atoms with Crippen LogP contribution >= 0.6 is 0 Å². The van der Waals surface area contributed by atoms with Gasteiger partial charge in [0.15, 0.2) is 0 Å². The average molecular weight is 383 g/mol. The molecule has 140 valence electrons. The van der Waals surface area contributed by atoms with Crippen LogP contribution in [0.5, 0.6) is 0 Å². The molecule has 3 aromatic rings. The molecular formula is C20H21N3O3S. The van der Waals surface area contributed by atoms with Crippen molar-refractivity contribution in [2.75, 3.05) is 11.9 Å². The first-order valence-electron chi connectivity index (χ1n) is 8.64. The average Bonchev–Trinajstić information content (AvgIpc) is 3.22. The van der Waals surface area contributed by atoms with Crippen molar-refractivity contribution < 1.29 is 13.2 Å². The van der Waals surface area contributed by atoms with Crippen LogP contribution in [0.1, 0.15) is 23.7 Å². The van der Waals surface area contributed by atoms with Gasteiger partial charge in [0.25, 0.3) is 5.91 Å². The van der Waals surface area contributed by atoms with Crippen LogP contribution in [-0.4, -0.2) is 25.4 Å². The number of nitrogens with zero attached hydrogens (tertiary/aromatic N) is 1. The summed E-state index contributed by atoms with van der Waals surface area (Å²) in [6.07, 6.45) is 4.58. The predicted octanol–water partition coefficient (Wildman–Crippen LogP) is 3.42. The Bertz CT molecular complexity index is 994. The summed E-state index contributed by atoms with van der Waals surface area (Å²) in [6, 6.07) is 17.2. The molecule has 0 aliphatic heterocycles. The summed E-state index contributed by atoms with van der Waals surface area (Å²) >= 11 is 0. The van der Waals surface area contributed by atoms with Crippen LogP contribution in [0.2, 0.25) is 0 Å². The van der Waals surface area contributed by atoms with Gasteiger partial charge >= 0.3 is 0 Å². The number of hydrogen-bond acceptors (Lipinski definition) is 3. The number of sulfonamides is 1. The maximum Gasteiger partial charge on any atom is 0.255 e. The molecule has 27 heavy (non-hydrogen) atoms. The molecule has 0 atom stereocenters. The summed E-state index contributed by atoms with van der Waals surface area (Å²) in [5.41, 5.74) is 2.02. The highest BCUT2D eigenvalue weighted by atomic mass is 32.2. The normalized spacial score (nSPS) is 11.3. The number of nitrogens with one attached hydrogen (secondary N) is 2. The maximum absolute atomic E-state index is 12.4. The zero-order chi connectivity index (χ0) is 19.3. The van der Waals surface area contributed by atoms with E-state index in [4.69, 9.17) is 0 Å². The Balaban J connectivity index is 1.67. The number of carbonyl (C=O) groups excluding carboxylic acids is 1. The Morgan fingerprint density at radius 1 is 0.963 bits per heavy atom. The van der Waals surface area contributed by atoms with Crippen LogP contribution < -0.4 is 10.0 Å². The van der Waals surface area contributed by atoms with Gasteiger partial charge in [-0.1, -0.05) is 6.92 Å². The van der Waals surface area contributed by atoms with E-state index in [1.165, 1.54) is 12.1 Å². The maximum atomic E-state index is 12.4. The first kappa shape index (κ1) is 18.9. The molecule has 7 heteroatoms. The molecule has 0 fully saturated rings. The van der Waals surface area contributed by atoms with Crippen LogP contribution in [0.3, 0.4) is 0 Å². The smallest absolute Gasteiger partial charge is 0.255 e. The van der Waals surface area contributed by atoms with E-state index in [9.17, 15) is 13.2 Å². The van der Waals surface area contributed by atoms with Crippen molar-refractivity contribution in [1.82, 2.24) is 9.29 Å². The molecule has 0 spiro atoms. The molecular weight excluding hydrogens is 362 g/mol. The van der Waals surface area contributed by atoms with Crippen LogP contribution in [0.4, 0.5) is 5.69 Å². The molecule has 2 aromatic carbocycles. The summed E-state index contributed by atoms with van der Waals surface area (Å²) in [7, 11) is -3.51. The summed E-state index contributed by atoms with van der Waals surface area (Å²) in [5.74, 6) is -0.256. The lowest BCUT2D eigenvalue weighted by atomic mass is 10.2. The van der Waals surface area contributed by atoms with Gasteiger partial charge < -0.3 is 9.88 Å². The molecule has 1 amide bonds. The Morgan fingerprint density at radius 2 is 1.59 bits per heavy atom. The van der Waals surface area contributed by atoms with Crippen LogP contribution in [0.25, 0.3) is 5.69 Å². The molecule has 1 aromatic heterocycles. The monoisotopic (exact) mass is 383 g/mol. The predicted molar refractivity (Wildman–Crippen MR) is 106 cm³/mol. The molecule has 0 unspecified atom stereocenters. The molecule has 0 aliphatic rings. The van der Waals surface area contributed by atoms with E-state index in [1.54, 1.807) is 24.3 Å². The van der Waals surface area contributed by atoms with Crippen molar-refractivity contribution in [3.8, 4) is 5.69 Å². The number of amides is 1. The van der Waals surface area contributed by atoms with Gasteiger partial charge in [0.05, 0.1) is 4.90 Å². The highest BCUT2D eigenvalue weighted by molar-refractivity contribution is 7.89. The Hall–Kier alpha value is -2.90. The van der Waals surface area contributed by atoms with E-state index < -0.39 is 10.0 Å². The van der Waals surface area contributed by atoms with Crippen molar-refractivity contribution in [3.63, 3.8) is 0 Å². The van der Waals surface area contributed by atoms with E-state index in [1.807, 2.05) is 48.1 Å². The van der Waals surface area contributed by atoms with Crippen LogP contribution in [0.15, 0.2) is 78.0 Å². The molecule has 0 bridgehead atoms. The largest absolute Gasteiger partial charge is 0.324 e. The van der Waals surface area contributed by atoms with Gasteiger partial charge in [-0.2, -0.15) is 0 Å². The van der Waals surface area contributed by atoms with Gasteiger partial charge in [-0.05, 0) is 67.1 Å². The molecule has 0 saturated carbocycles. The lowest BCUT2D eigenvalue weighted by Gasteiger charge is -2.09. The Kier molecular flexibility index (Phi) is 5.73. The van der Waals surface area contributed by atoms with Crippen LogP contribution in [0, 0.1) is 0 Å². The zero-order valence-corrected chi connectivity index (χ0v) is 15.7. The van der Waals surface area contributed by atoms with Crippen LogP contribution in [-0.2, 0) is 10.0 Å². The zero-order valence-electron chi connectivity index (χ0n) is 14.9. The van der Waals surface area contributed by atoms with Gasteiger partial charge in [0.2, 0.25) is 10.0 Å². The molecule has 1 heterocycles. The number of hydrogen-bond donors (Lipinski definition) is 2. The quantitative estimate of drug-likeness (QED) is 0.656. The number of rotatable bonds is 7. The minimum absolute atomic E-state index is 0.171. The fraction of sp³-hybridized carbons (Fsp3) is 0.150. The van der Waals surface area contributed by atoms with Crippen molar-refractivity contribution in [2.45, 2.75) is 18.2 Å². The molecule has 2 N–H and O–H groups in total. The standard InChI is InChI=1S/C20H21N3O3S/c1-2-13-21-27(25,26)19-11-7-17(8-12-19)22-20(24)16-5-9-18(10-6-16)23-14-3-4-15-23/h3-12,14-15,21H,2,13H2,1H3,(H,22,24). The third-order valence-corrected chi connectivity index (χ3v) is 5.47. The first-order chi connectivity index (χ1) is 13.0. The molecule has 0 aliphatic carbocycles. The van der Waals surface area contributed by atoms with Crippen molar-refractivity contribution >= 4 is 21.6 Å². The second kappa shape index (κ2) is 8.20. The lowest BCUT2D eigenvalue weighted by Crippen LogP contribution is -2.24. The molecule has 0 radical (unpaired) electrons. The van der Waals surface area contributed by atoms with Crippen molar-refractivity contribution in [1.29, 1.82) is 0 Å². The Labute approximate surface area is 158 Å². The summed E-state index contributed by atoms with van der Waals surface area (Å²) in [4.78, 5) is 12.6. The van der Waals surface area contributed by atoms with Gasteiger partial charge in [-0.25, -0.2) is 13.1 Å². The molecule has 6 nitrogen and oxygen atoms in total. The number of carbonyl (C=O) groups is 1. The summed E-state index contributed by atoms with van der Waals surface area (Å²) in [6.45, 7) is 2.28. The minimum Gasteiger partial charge on any atom is -0.324 e. The number of anilines is 1. The molecule has 0 saturated heterocycles. The number of aromatic nitrogens is 1. The van der Waals surface area contributed by atoms with Gasteiger partial charge in [0, 0.05) is 35.9 Å². The molecule has 3 rings (SSSR count).